The van der Waals surface area contributed by atoms with E-state index < -0.39 is 0 Å². The van der Waals surface area contributed by atoms with E-state index in [4.69, 9.17) is 0 Å². The Morgan fingerprint density at radius 2 is 2.13 bits per heavy atom. The lowest BCUT2D eigenvalue weighted by Crippen LogP contribution is -2.09. The molecule has 4 heteroatoms. The maximum atomic E-state index is 3.98. The normalized spacial score (nSPS) is 11.9. The Kier molecular flexibility index (Phi) is 2.97. The number of hydrogen-bond donors (Lipinski definition) is 1. The van der Waals surface area contributed by atoms with Crippen molar-refractivity contribution in [3.05, 3.63) is 23.8 Å². The molecular weight excluding hydrogens is 188 g/mol. The van der Waals surface area contributed by atoms with E-state index in [0.717, 1.165) is 30.7 Å². The van der Waals surface area contributed by atoms with E-state index in [-0.39, 0.29) is 0 Å². The van der Waals surface area contributed by atoms with E-state index in [0.29, 0.717) is 0 Å². The highest BCUT2D eigenvalue weighted by molar-refractivity contribution is 5.76. The largest absolute Gasteiger partial charge is 0.317 e. The zero-order valence-electron chi connectivity index (χ0n) is 9.20. The van der Waals surface area contributed by atoms with Crippen LogP contribution in [0.3, 0.4) is 0 Å². The van der Waals surface area contributed by atoms with Gasteiger partial charge in [0.2, 0.25) is 0 Å². The molecule has 0 spiro atoms. The predicted octanol–water partition coefficient (Wildman–Crippen LogP) is 1.41. The maximum absolute atomic E-state index is 3.98. The minimum atomic E-state index is 0.902. The first-order chi connectivity index (χ1) is 7.35. The van der Waals surface area contributed by atoms with Gasteiger partial charge >= 0.3 is 0 Å². The number of benzene rings is 1. The molecule has 0 amide bonds. The summed E-state index contributed by atoms with van der Waals surface area (Å²) in [7, 11) is 0. The van der Waals surface area contributed by atoms with Gasteiger partial charge in [0.1, 0.15) is 5.52 Å². The molecule has 1 aromatic carbocycles. The van der Waals surface area contributed by atoms with Gasteiger partial charge in [0.25, 0.3) is 0 Å². The Bertz CT molecular complexity index is 445. The van der Waals surface area contributed by atoms with Gasteiger partial charge in [-0.05, 0) is 30.8 Å². The third-order valence-corrected chi connectivity index (χ3v) is 2.41. The lowest BCUT2D eigenvalue weighted by molar-refractivity contribution is 0.668. The van der Waals surface area contributed by atoms with Gasteiger partial charge in [0, 0.05) is 0 Å². The summed E-state index contributed by atoms with van der Waals surface area (Å²) in [6.45, 7) is 7.29. The fraction of sp³-hybridized carbons (Fsp3) is 0.455. The topological polar surface area (TPSA) is 42.7 Å². The Morgan fingerprint density at radius 3 is 2.60 bits per heavy atom. The number of nitrogens with zero attached hydrogens (tertiary/aromatic N) is 3. The van der Waals surface area contributed by atoms with Crippen LogP contribution < -0.4 is 5.32 Å². The van der Waals surface area contributed by atoms with E-state index in [1.807, 2.05) is 4.68 Å². The SMILES string of the molecule is CCNCC.c1cc2c3cc1Cn2nn3. The first-order valence-electron chi connectivity index (χ1n) is 5.38. The predicted molar refractivity (Wildman–Crippen MR) is 60.8 cm³/mol. The fourth-order valence-electron chi connectivity index (χ4n) is 1.66. The second-order valence-corrected chi connectivity index (χ2v) is 3.53. The summed E-state index contributed by atoms with van der Waals surface area (Å²) >= 11 is 0. The number of rotatable bonds is 2. The first kappa shape index (κ1) is 10.1. The summed E-state index contributed by atoms with van der Waals surface area (Å²) in [6.07, 6.45) is 0. The smallest absolute Gasteiger partial charge is 0.113 e. The lowest BCUT2D eigenvalue weighted by Gasteiger charge is -2.07. The summed E-state index contributed by atoms with van der Waals surface area (Å²) in [5.74, 6) is 0. The lowest BCUT2D eigenvalue weighted by atomic mass is 10.1. The Balaban J connectivity index is 0.000000149. The zero-order chi connectivity index (χ0) is 10.7. The van der Waals surface area contributed by atoms with E-state index in [1.165, 1.54) is 5.56 Å². The summed E-state index contributed by atoms with van der Waals surface area (Å²) in [6, 6.07) is 6.27. The van der Waals surface area contributed by atoms with E-state index in [9.17, 15) is 0 Å². The molecule has 4 rings (SSSR count). The van der Waals surface area contributed by atoms with Crippen LogP contribution in [0.1, 0.15) is 19.4 Å². The molecule has 1 N–H and O–H groups in total. The van der Waals surface area contributed by atoms with Crippen LogP contribution in [0.15, 0.2) is 18.2 Å². The monoisotopic (exact) mass is 204 g/mol. The van der Waals surface area contributed by atoms with Gasteiger partial charge in [-0.3, -0.25) is 0 Å². The van der Waals surface area contributed by atoms with E-state index >= 15 is 0 Å². The number of hydrogen-bond acceptors (Lipinski definition) is 3. The average Bonchev–Trinajstić information content (AvgIpc) is 2.57. The molecule has 0 saturated carbocycles. The van der Waals surface area contributed by atoms with Gasteiger partial charge in [-0.1, -0.05) is 25.1 Å². The quantitative estimate of drug-likeness (QED) is 0.686. The number of fused-ring (bicyclic) bond motifs is 1. The van der Waals surface area contributed by atoms with Crippen molar-refractivity contribution in [1.29, 1.82) is 0 Å². The zero-order valence-corrected chi connectivity index (χ0v) is 9.20. The molecule has 4 nitrogen and oxygen atoms in total. The summed E-state index contributed by atoms with van der Waals surface area (Å²) < 4.78 is 1.92. The molecule has 2 aliphatic heterocycles. The van der Waals surface area contributed by atoms with Crippen LogP contribution in [0.2, 0.25) is 0 Å². The van der Waals surface area contributed by atoms with Crippen molar-refractivity contribution in [3.8, 4) is 0 Å². The number of nitrogens with one attached hydrogen (secondary N) is 1. The first-order valence-corrected chi connectivity index (χ1v) is 5.38. The van der Waals surface area contributed by atoms with Crippen LogP contribution in [0.25, 0.3) is 11.0 Å². The molecule has 0 atom stereocenters. The molecule has 2 aromatic rings. The highest BCUT2D eigenvalue weighted by Gasteiger charge is 2.11. The standard InChI is InChI=1S/C7H5N3.C4H11N/c1-2-7-6-3-5(1)4-10(7)9-8-6;1-3-5-4-2/h1-3H,4H2;5H,3-4H2,1-2H3. The van der Waals surface area contributed by atoms with Gasteiger partial charge in [0.05, 0.1) is 12.1 Å². The third kappa shape index (κ3) is 1.99. The molecule has 3 heterocycles. The van der Waals surface area contributed by atoms with Gasteiger partial charge in [-0.2, -0.15) is 0 Å². The van der Waals surface area contributed by atoms with Gasteiger partial charge in [0.15, 0.2) is 0 Å². The molecule has 15 heavy (non-hydrogen) atoms. The Hall–Kier alpha value is -1.42. The summed E-state index contributed by atoms with van der Waals surface area (Å²) in [4.78, 5) is 0. The minimum absolute atomic E-state index is 0.902. The van der Waals surface area contributed by atoms with Gasteiger partial charge in [-0.15, -0.1) is 5.10 Å². The summed E-state index contributed by atoms with van der Waals surface area (Å²) in [5.41, 5.74) is 3.47. The van der Waals surface area contributed by atoms with Crippen molar-refractivity contribution < 1.29 is 0 Å². The molecule has 80 valence electrons. The highest BCUT2D eigenvalue weighted by Crippen LogP contribution is 2.19. The molecule has 2 aliphatic rings. The molecule has 0 unspecified atom stereocenters. The van der Waals surface area contributed by atoms with E-state index in [1.54, 1.807) is 0 Å². The fourth-order valence-corrected chi connectivity index (χ4v) is 1.66. The van der Waals surface area contributed by atoms with Crippen LogP contribution in [-0.2, 0) is 6.54 Å². The van der Waals surface area contributed by atoms with Crippen molar-refractivity contribution >= 4 is 11.0 Å². The van der Waals surface area contributed by atoms with Crippen LogP contribution in [0.4, 0.5) is 0 Å². The van der Waals surface area contributed by atoms with Gasteiger partial charge in [-0.25, -0.2) is 4.68 Å². The molecule has 4 bridgehead atoms. The third-order valence-electron chi connectivity index (χ3n) is 2.41. The average molecular weight is 204 g/mol. The second-order valence-electron chi connectivity index (χ2n) is 3.53. The van der Waals surface area contributed by atoms with Crippen LogP contribution in [0, 0.1) is 0 Å². The van der Waals surface area contributed by atoms with Crippen molar-refractivity contribution in [2.24, 2.45) is 0 Å². The van der Waals surface area contributed by atoms with Crippen molar-refractivity contribution in [1.82, 2.24) is 20.3 Å². The summed E-state index contributed by atoms with van der Waals surface area (Å²) in [5, 5.41) is 11.1. The minimum Gasteiger partial charge on any atom is -0.317 e. The van der Waals surface area contributed by atoms with Crippen molar-refractivity contribution in [2.75, 3.05) is 13.1 Å². The second kappa shape index (κ2) is 4.40. The molecule has 0 saturated heterocycles. The molecule has 0 aliphatic carbocycles. The van der Waals surface area contributed by atoms with Crippen molar-refractivity contribution in [2.45, 2.75) is 20.4 Å². The molecule has 1 aromatic heterocycles. The van der Waals surface area contributed by atoms with Crippen LogP contribution in [-0.4, -0.2) is 28.1 Å². The Labute approximate surface area is 89.3 Å². The maximum Gasteiger partial charge on any atom is 0.113 e. The molecule has 0 fully saturated rings. The highest BCUT2D eigenvalue weighted by atomic mass is 15.4. The number of aromatic nitrogens is 3. The van der Waals surface area contributed by atoms with Gasteiger partial charge < -0.3 is 5.32 Å². The van der Waals surface area contributed by atoms with Crippen LogP contribution in [0.5, 0.6) is 0 Å². The van der Waals surface area contributed by atoms with Crippen LogP contribution >= 0.6 is 0 Å². The Morgan fingerprint density at radius 1 is 1.33 bits per heavy atom. The molecule has 0 radical (unpaired) electrons. The van der Waals surface area contributed by atoms with Crippen molar-refractivity contribution in [3.63, 3.8) is 0 Å². The van der Waals surface area contributed by atoms with E-state index in [2.05, 4.69) is 47.7 Å². The molecular formula is C11H16N4.